The van der Waals surface area contributed by atoms with Gasteiger partial charge in [-0.1, -0.05) is 24.3 Å². The number of aromatic hydroxyl groups is 1. The second kappa shape index (κ2) is 5.29. The molecule has 3 heterocycles. The van der Waals surface area contributed by atoms with E-state index in [1.165, 1.54) is 12.1 Å². The van der Waals surface area contributed by atoms with E-state index in [-0.39, 0.29) is 5.56 Å². The molecule has 1 N–H and O–H groups in total. The lowest BCUT2D eigenvalue weighted by molar-refractivity contribution is 0.113. The third-order valence-electron chi connectivity index (χ3n) is 4.94. The van der Waals surface area contributed by atoms with Gasteiger partial charge in [0.25, 0.3) is 5.56 Å². The van der Waals surface area contributed by atoms with Crippen LogP contribution in [0.5, 0.6) is 5.75 Å². The zero-order valence-corrected chi connectivity index (χ0v) is 12.5. The number of para-hydroxylation sites is 1. The summed E-state index contributed by atoms with van der Waals surface area (Å²) in [5.41, 5.74) is 2.28. The summed E-state index contributed by atoms with van der Waals surface area (Å²) in [5.74, 6) is 1.32. The van der Waals surface area contributed by atoms with Crippen molar-refractivity contribution in [3.8, 4) is 5.75 Å². The van der Waals surface area contributed by atoms with Crippen LogP contribution in [0.1, 0.15) is 23.6 Å². The Kier molecular flexibility index (Phi) is 3.26. The van der Waals surface area contributed by atoms with Gasteiger partial charge in [-0.15, -0.1) is 0 Å². The lowest BCUT2D eigenvalue weighted by Gasteiger charge is -2.42. The number of piperidine rings is 1. The number of nitrogens with zero attached hydrogens (tertiary/aromatic N) is 2. The number of benzene rings is 1. The van der Waals surface area contributed by atoms with Gasteiger partial charge in [0.15, 0.2) is 0 Å². The summed E-state index contributed by atoms with van der Waals surface area (Å²) in [6.45, 7) is 3.54. The molecular formula is C18H20N2O2. The fraction of sp³-hybridized carbons (Fsp3) is 0.389. The van der Waals surface area contributed by atoms with Crippen LogP contribution in [0.4, 0.5) is 0 Å². The highest BCUT2D eigenvalue weighted by Gasteiger charge is 2.34. The average molecular weight is 296 g/mol. The number of hydrogen-bond donors (Lipinski definition) is 1. The Morgan fingerprint density at radius 3 is 2.77 bits per heavy atom. The van der Waals surface area contributed by atoms with Crippen molar-refractivity contribution in [2.75, 3.05) is 13.1 Å². The van der Waals surface area contributed by atoms with Crippen LogP contribution in [-0.2, 0) is 13.1 Å². The SMILES string of the molecule is O=c1cccc2n1C[C@@H]1C[C@H]2CN(Cc2ccccc2O)C1. The lowest BCUT2D eigenvalue weighted by Crippen LogP contribution is -2.46. The first-order chi connectivity index (χ1) is 10.7. The normalized spacial score (nSPS) is 24.0. The largest absolute Gasteiger partial charge is 0.508 e. The van der Waals surface area contributed by atoms with Gasteiger partial charge in [-0.2, -0.15) is 0 Å². The van der Waals surface area contributed by atoms with Gasteiger partial charge in [-0.25, -0.2) is 0 Å². The van der Waals surface area contributed by atoms with Crippen molar-refractivity contribution in [1.29, 1.82) is 0 Å². The summed E-state index contributed by atoms with van der Waals surface area (Å²) in [7, 11) is 0. The minimum Gasteiger partial charge on any atom is -0.508 e. The van der Waals surface area contributed by atoms with Crippen molar-refractivity contribution in [1.82, 2.24) is 9.47 Å². The van der Waals surface area contributed by atoms with Crippen LogP contribution in [0, 0.1) is 5.92 Å². The molecule has 2 bridgehead atoms. The zero-order valence-electron chi connectivity index (χ0n) is 12.5. The Balaban J connectivity index is 1.59. The first-order valence-corrected chi connectivity index (χ1v) is 7.89. The van der Waals surface area contributed by atoms with Crippen molar-refractivity contribution in [3.05, 3.63) is 64.1 Å². The Labute approximate surface area is 129 Å². The molecule has 0 saturated carbocycles. The molecule has 114 valence electrons. The summed E-state index contributed by atoms with van der Waals surface area (Å²) in [5, 5.41) is 9.97. The minimum atomic E-state index is 0.126. The third-order valence-corrected chi connectivity index (χ3v) is 4.94. The van der Waals surface area contributed by atoms with Crippen LogP contribution in [-0.4, -0.2) is 27.7 Å². The van der Waals surface area contributed by atoms with Crippen LogP contribution in [0.2, 0.25) is 0 Å². The summed E-state index contributed by atoms with van der Waals surface area (Å²) in [6, 6.07) is 13.2. The molecule has 2 aliphatic heterocycles. The van der Waals surface area contributed by atoms with E-state index >= 15 is 0 Å². The van der Waals surface area contributed by atoms with E-state index in [2.05, 4.69) is 11.0 Å². The summed E-state index contributed by atoms with van der Waals surface area (Å²) < 4.78 is 1.95. The van der Waals surface area contributed by atoms with E-state index in [1.54, 1.807) is 12.1 Å². The van der Waals surface area contributed by atoms with Gasteiger partial charge < -0.3 is 9.67 Å². The highest BCUT2D eigenvalue weighted by Crippen LogP contribution is 2.35. The zero-order chi connectivity index (χ0) is 15.1. The van der Waals surface area contributed by atoms with Gasteiger partial charge in [0, 0.05) is 49.4 Å². The monoisotopic (exact) mass is 296 g/mol. The molecular weight excluding hydrogens is 276 g/mol. The quantitative estimate of drug-likeness (QED) is 0.924. The van der Waals surface area contributed by atoms with Gasteiger partial charge in [0.2, 0.25) is 0 Å². The Morgan fingerprint density at radius 1 is 1.05 bits per heavy atom. The van der Waals surface area contributed by atoms with Gasteiger partial charge >= 0.3 is 0 Å². The van der Waals surface area contributed by atoms with Gasteiger partial charge in [-0.3, -0.25) is 9.69 Å². The minimum absolute atomic E-state index is 0.126. The molecule has 1 fully saturated rings. The second-order valence-corrected chi connectivity index (χ2v) is 6.52. The highest BCUT2D eigenvalue weighted by atomic mass is 16.3. The predicted molar refractivity (Wildman–Crippen MR) is 84.9 cm³/mol. The summed E-state index contributed by atoms with van der Waals surface area (Å²) in [6.07, 6.45) is 1.17. The molecule has 1 saturated heterocycles. The topological polar surface area (TPSA) is 45.5 Å². The van der Waals surface area contributed by atoms with Crippen LogP contribution in [0.3, 0.4) is 0 Å². The smallest absolute Gasteiger partial charge is 0.250 e. The Bertz CT molecular complexity index is 753. The molecule has 1 aromatic carbocycles. The van der Waals surface area contributed by atoms with E-state index in [1.807, 2.05) is 28.8 Å². The third kappa shape index (κ3) is 2.33. The average Bonchev–Trinajstić information content (AvgIpc) is 2.51. The molecule has 0 unspecified atom stereocenters. The number of phenols is 1. The van der Waals surface area contributed by atoms with Crippen LogP contribution in [0.15, 0.2) is 47.3 Å². The standard InChI is InChI=1S/C18H20N2O2/c21-17-6-2-1-4-14(17)11-19-9-13-8-15(12-19)16-5-3-7-18(22)20(16)10-13/h1-7,13,15,21H,8-12H2/t13-,15+/m1/s1. The van der Waals surface area contributed by atoms with Crippen LogP contribution in [0.25, 0.3) is 0 Å². The Hall–Kier alpha value is -2.07. The molecule has 0 spiro atoms. The molecule has 22 heavy (non-hydrogen) atoms. The fourth-order valence-electron chi connectivity index (χ4n) is 4.01. The van der Waals surface area contributed by atoms with Crippen molar-refractivity contribution >= 4 is 0 Å². The van der Waals surface area contributed by atoms with E-state index in [9.17, 15) is 9.90 Å². The van der Waals surface area contributed by atoms with Crippen LogP contribution >= 0.6 is 0 Å². The molecule has 4 heteroatoms. The number of aromatic nitrogens is 1. The summed E-state index contributed by atoms with van der Waals surface area (Å²) in [4.78, 5) is 14.4. The molecule has 0 amide bonds. The van der Waals surface area contributed by atoms with Crippen molar-refractivity contribution in [3.63, 3.8) is 0 Å². The van der Waals surface area contributed by atoms with Crippen molar-refractivity contribution in [2.24, 2.45) is 5.92 Å². The molecule has 0 aliphatic carbocycles. The first kappa shape index (κ1) is 13.6. The highest BCUT2D eigenvalue weighted by molar-refractivity contribution is 5.31. The molecule has 0 radical (unpaired) electrons. The van der Waals surface area contributed by atoms with E-state index in [0.29, 0.717) is 17.6 Å². The maximum absolute atomic E-state index is 12.0. The number of pyridine rings is 1. The van der Waals surface area contributed by atoms with E-state index in [0.717, 1.165) is 31.7 Å². The molecule has 2 aromatic rings. The maximum atomic E-state index is 12.0. The number of phenolic OH excluding ortho intramolecular Hbond substituents is 1. The van der Waals surface area contributed by atoms with Crippen molar-refractivity contribution < 1.29 is 5.11 Å². The lowest BCUT2D eigenvalue weighted by atomic mass is 9.83. The van der Waals surface area contributed by atoms with Gasteiger partial charge in [0.05, 0.1) is 0 Å². The molecule has 2 atom stereocenters. The number of rotatable bonds is 2. The number of fused-ring (bicyclic) bond motifs is 4. The van der Waals surface area contributed by atoms with Gasteiger partial charge in [-0.05, 0) is 24.5 Å². The van der Waals surface area contributed by atoms with Crippen molar-refractivity contribution in [2.45, 2.75) is 25.4 Å². The maximum Gasteiger partial charge on any atom is 0.250 e. The summed E-state index contributed by atoms with van der Waals surface area (Å²) >= 11 is 0. The van der Waals surface area contributed by atoms with E-state index in [4.69, 9.17) is 0 Å². The number of likely N-dealkylation sites (tertiary alicyclic amines) is 1. The fourth-order valence-corrected chi connectivity index (χ4v) is 4.01. The Morgan fingerprint density at radius 2 is 1.91 bits per heavy atom. The molecule has 4 nitrogen and oxygen atoms in total. The van der Waals surface area contributed by atoms with E-state index < -0.39 is 0 Å². The van der Waals surface area contributed by atoms with Crippen LogP contribution < -0.4 is 5.56 Å². The first-order valence-electron chi connectivity index (χ1n) is 7.89. The molecule has 4 rings (SSSR count). The van der Waals surface area contributed by atoms with Gasteiger partial charge in [0.1, 0.15) is 5.75 Å². The number of hydrogen-bond acceptors (Lipinski definition) is 3. The second-order valence-electron chi connectivity index (χ2n) is 6.52. The molecule has 1 aromatic heterocycles. The molecule has 2 aliphatic rings. The predicted octanol–water partition coefficient (Wildman–Crippen LogP) is 2.17.